The normalized spacial score (nSPS) is 14.1. The van der Waals surface area contributed by atoms with Crippen molar-refractivity contribution in [3.8, 4) is 11.8 Å². The Balaban J connectivity index is 1.52. The lowest BCUT2D eigenvalue weighted by molar-refractivity contribution is -0.133. The predicted molar refractivity (Wildman–Crippen MR) is 89.6 cm³/mol. The summed E-state index contributed by atoms with van der Waals surface area (Å²) in [5.74, 6) is 0.645. The Morgan fingerprint density at radius 1 is 1.20 bits per heavy atom. The first-order valence-electron chi connectivity index (χ1n) is 7.93. The van der Waals surface area contributed by atoms with Crippen LogP contribution in [0.3, 0.4) is 0 Å². The van der Waals surface area contributed by atoms with Crippen LogP contribution in [-0.4, -0.2) is 48.6 Å². The second kappa shape index (κ2) is 7.62. The molecule has 1 aromatic heterocycles. The molecule has 3 rings (SSSR count). The number of piperazine rings is 1. The van der Waals surface area contributed by atoms with Crippen molar-refractivity contribution in [1.29, 1.82) is 5.26 Å². The quantitative estimate of drug-likeness (QED) is 0.849. The molecule has 0 bridgehead atoms. The summed E-state index contributed by atoms with van der Waals surface area (Å²) in [5, 5.41) is 9.16. The number of carbonyl (C=O) groups excluding carboxylic acids is 1. The smallest absolute Gasteiger partial charge is 0.260 e. The van der Waals surface area contributed by atoms with Crippen molar-refractivity contribution in [3.05, 3.63) is 54.0 Å². The molecular formula is C18H17FN4O2. The molecule has 1 aliphatic rings. The SMILES string of the molecule is N#Cc1cccnc1N1CCN(C(=O)COc2ccc(F)cc2)CC1. The monoisotopic (exact) mass is 340 g/mol. The molecule has 0 spiro atoms. The summed E-state index contributed by atoms with van der Waals surface area (Å²) in [4.78, 5) is 20.2. The van der Waals surface area contributed by atoms with Gasteiger partial charge in [-0.05, 0) is 36.4 Å². The lowest BCUT2D eigenvalue weighted by atomic mass is 10.2. The van der Waals surface area contributed by atoms with Gasteiger partial charge in [0.1, 0.15) is 23.5 Å². The Kier molecular flexibility index (Phi) is 5.09. The molecule has 6 nitrogen and oxygen atoms in total. The molecule has 0 unspecified atom stereocenters. The highest BCUT2D eigenvalue weighted by atomic mass is 19.1. The van der Waals surface area contributed by atoms with E-state index in [1.54, 1.807) is 23.2 Å². The topological polar surface area (TPSA) is 69.5 Å². The van der Waals surface area contributed by atoms with Crippen LogP contribution in [0.25, 0.3) is 0 Å². The van der Waals surface area contributed by atoms with Crippen molar-refractivity contribution >= 4 is 11.7 Å². The second-order valence-corrected chi connectivity index (χ2v) is 5.60. The van der Waals surface area contributed by atoms with Crippen LogP contribution < -0.4 is 9.64 Å². The summed E-state index contributed by atoms with van der Waals surface area (Å²) in [6, 6.07) is 11.2. The molecular weight excluding hydrogens is 323 g/mol. The van der Waals surface area contributed by atoms with Crippen molar-refractivity contribution < 1.29 is 13.9 Å². The molecule has 1 amide bonds. The summed E-state index contributed by atoms with van der Waals surface area (Å²) >= 11 is 0. The Morgan fingerprint density at radius 3 is 2.60 bits per heavy atom. The summed E-state index contributed by atoms with van der Waals surface area (Å²) in [6.07, 6.45) is 1.66. The van der Waals surface area contributed by atoms with E-state index in [1.165, 1.54) is 24.3 Å². The number of rotatable bonds is 4. The van der Waals surface area contributed by atoms with Crippen molar-refractivity contribution in [1.82, 2.24) is 9.88 Å². The van der Waals surface area contributed by atoms with Gasteiger partial charge in [-0.15, -0.1) is 0 Å². The summed E-state index contributed by atoms with van der Waals surface area (Å²) in [7, 11) is 0. The average molecular weight is 340 g/mol. The lowest BCUT2D eigenvalue weighted by Crippen LogP contribution is -2.50. The van der Waals surface area contributed by atoms with Crippen molar-refractivity contribution in [2.24, 2.45) is 0 Å². The van der Waals surface area contributed by atoms with Crippen molar-refractivity contribution in [3.63, 3.8) is 0 Å². The maximum atomic E-state index is 12.8. The summed E-state index contributed by atoms with van der Waals surface area (Å²) in [5.41, 5.74) is 0.530. The lowest BCUT2D eigenvalue weighted by Gasteiger charge is -2.35. The molecule has 0 radical (unpaired) electrons. The van der Waals surface area contributed by atoms with Gasteiger partial charge in [0.2, 0.25) is 0 Å². The number of amides is 1. The number of halogens is 1. The zero-order valence-electron chi connectivity index (χ0n) is 13.6. The molecule has 0 atom stereocenters. The van der Waals surface area contributed by atoms with Gasteiger partial charge in [-0.2, -0.15) is 5.26 Å². The summed E-state index contributed by atoms with van der Waals surface area (Å²) < 4.78 is 18.2. The zero-order valence-corrected chi connectivity index (χ0v) is 13.6. The average Bonchev–Trinajstić information content (AvgIpc) is 2.67. The first-order valence-corrected chi connectivity index (χ1v) is 7.93. The molecule has 0 N–H and O–H groups in total. The Hall–Kier alpha value is -3.14. The van der Waals surface area contributed by atoms with Gasteiger partial charge in [-0.25, -0.2) is 9.37 Å². The standard InChI is InChI=1S/C18H17FN4O2/c19-15-3-5-16(6-4-15)25-13-17(24)22-8-10-23(11-9-22)18-14(12-20)2-1-7-21-18/h1-7H,8-11,13H2. The van der Waals surface area contributed by atoms with Crippen LogP contribution >= 0.6 is 0 Å². The largest absolute Gasteiger partial charge is 0.484 e. The van der Waals surface area contributed by atoms with Gasteiger partial charge in [-0.1, -0.05) is 0 Å². The molecule has 1 aromatic carbocycles. The Morgan fingerprint density at radius 2 is 1.92 bits per heavy atom. The minimum Gasteiger partial charge on any atom is -0.484 e. The fraction of sp³-hybridized carbons (Fsp3) is 0.278. The first-order chi connectivity index (χ1) is 12.2. The fourth-order valence-corrected chi connectivity index (χ4v) is 2.67. The Bertz CT molecular complexity index is 780. The molecule has 2 aromatic rings. The van der Waals surface area contributed by atoms with Gasteiger partial charge >= 0.3 is 0 Å². The van der Waals surface area contributed by atoms with Crippen LogP contribution in [0.1, 0.15) is 5.56 Å². The molecule has 1 aliphatic heterocycles. The van der Waals surface area contributed by atoms with Crippen LogP contribution in [0.4, 0.5) is 10.2 Å². The van der Waals surface area contributed by atoms with Crippen molar-refractivity contribution in [2.45, 2.75) is 0 Å². The minimum atomic E-state index is -0.346. The van der Waals surface area contributed by atoms with E-state index in [9.17, 15) is 9.18 Å². The van der Waals surface area contributed by atoms with Gasteiger partial charge in [0.05, 0.1) is 5.56 Å². The van der Waals surface area contributed by atoms with E-state index in [0.717, 1.165) is 0 Å². The number of aromatic nitrogens is 1. The number of hydrogen-bond donors (Lipinski definition) is 0. The van der Waals surface area contributed by atoms with Crippen molar-refractivity contribution in [2.75, 3.05) is 37.7 Å². The van der Waals surface area contributed by atoms with Gasteiger partial charge in [0.25, 0.3) is 5.91 Å². The first kappa shape index (κ1) is 16.7. The van der Waals surface area contributed by atoms with Crippen LogP contribution in [0.2, 0.25) is 0 Å². The number of anilines is 1. The predicted octanol–water partition coefficient (Wildman–Crippen LogP) is 1.82. The molecule has 128 valence electrons. The zero-order chi connectivity index (χ0) is 17.6. The highest BCUT2D eigenvalue weighted by molar-refractivity contribution is 5.78. The summed E-state index contributed by atoms with van der Waals surface area (Å²) in [6.45, 7) is 2.20. The molecule has 0 saturated carbocycles. The third-order valence-corrected chi connectivity index (χ3v) is 4.01. The van der Waals surface area contributed by atoms with E-state index in [1.807, 2.05) is 4.90 Å². The van der Waals surface area contributed by atoms with E-state index in [0.29, 0.717) is 43.3 Å². The van der Waals surface area contributed by atoms with E-state index in [4.69, 9.17) is 10.00 Å². The molecule has 25 heavy (non-hydrogen) atoms. The van der Waals surface area contributed by atoms with E-state index in [2.05, 4.69) is 11.1 Å². The number of nitrogens with zero attached hydrogens (tertiary/aromatic N) is 4. The minimum absolute atomic E-state index is 0.0847. The number of nitriles is 1. The molecule has 0 aliphatic carbocycles. The number of carbonyl (C=O) groups is 1. The maximum Gasteiger partial charge on any atom is 0.260 e. The van der Waals surface area contributed by atoms with Gasteiger partial charge < -0.3 is 14.5 Å². The van der Waals surface area contributed by atoms with E-state index < -0.39 is 0 Å². The van der Waals surface area contributed by atoms with E-state index in [-0.39, 0.29) is 18.3 Å². The highest BCUT2D eigenvalue weighted by Crippen LogP contribution is 2.18. The fourth-order valence-electron chi connectivity index (χ4n) is 2.67. The highest BCUT2D eigenvalue weighted by Gasteiger charge is 2.23. The van der Waals surface area contributed by atoms with Crippen LogP contribution in [0.5, 0.6) is 5.75 Å². The second-order valence-electron chi connectivity index (χ2n) is 5.60. The van der Waals surface area contributed by atoms with Crippen LogP contribution in [-0.2, 0) is 4.79 Å². The van der Waals surface area contributed by atoms with Gasteiger partial charge in [0.15, 0.2) is 6.61 Å². The van der Waals surface area contributed by atoms with Gasteiger partial charge in [-0.3, -0.25) is 4.79 Å². The number of ether oxygens (including phenoxy) is 1. The molecule has 7 heteroatoms. The van der Waals surface area contributed by atoms with E-state index >= 15 is 0 Å². The third kappa shape index (κ3) is 4.04. The van der Waals surface area contributed by atoms with Crippen LogP contribution in [0.15, 0.2) is 42.6 Å². The molecule has 1 fully saturated rings. The number of hydrogen-bond acceptors (Lipinski definition) is 5. The van der Waals surface area contributed by atoms with Gasteiger partial charge in [0, 0.05) is 32.4 Å². The number of pyridine rings is 1. The molecule has 1 saturated heterocycles. The Labute approximate surface area is 145 Å². The maximum absolute atomic E-state index is 12.8. The number of benzene rings is 1. The molecule has 2 heterocycles. The van der Waals surface area contributed by atoms with Crippen LogP contribution in [0, 0.1) is 17.1 Å². The third-order valence-electron chi connectivity index (χ3n) is 4.01.